The third-order valence-electron chi connectivity index (χ3n) is 4.47. The quantitative estimate of drug-likeness (QED) is 0.758. The first-order valence-corrected chi connectivity index (χ1v) is 7.73. The van der Waals surface area contributed by atoms with Crippen LogP contribution in [-0.2, 0) is 19.5 Å². The van der Waals surface area contributed by atoms with E-state index in [1.807, 2.05) is 30.3 Å². The SMILES string of the molecule is O=c1cc(CN2CCc3cc[nH]c(=O)c3C2)c2ccccc2[nH]1. The number of benzene rings is 1. The largest absolute Gasteiger partial charge is 0.329 e. The first-order chi connectivity index (χ1) is 11.2. The Morgan fingerprint density at radius 2 is 2.00 bits per heavy atom. The van der Waals surface area contributed by atoms with Crippen LogP contribution in [0.25, 0.3) is 10.9 Å². The lowest BCUT2D eigenvalue weighted by Crippen LogP contribution is -2.34. The highest BCUT2D eigenvalue weighted by atomic mass is 16.1. The molecule has 0 fully saturated rings. The predicted molar refractivity (Wildman–Crippen MR) is 89.4 cm³/mol. The van der Waals surface area contributed by atoms with Gasteiger partial charge in [-0.1, -0.05) is 18.2 Å². The first kappa shape index (κ1) is 14.0. The Kier molecular flexibility index (Phi) is 3.35. The van der Waals surface area contributed by atoms with E-state index in [0.717, 1.165) is 40.6 Å². The van der Waals surface area contributed by atoms with Crippen LogP contribution in [0.3, 0.4) is 0 Å². The van der Waals surface area contributed by atoms with E-state index >= 15 is 0 Å². The molecule has 0 saturated heterocycles. The lowest BCUT2D eigenvalue weighted by atomic mass is 10.0. The zero-order chi connectivity index (χ0) is 15.8. The fraction of sp³-hybridized carbons (Fsp3) is 0.222. The van der Waals surface area contributed by atoms with E-state index in [9.17, 15) is 9.59 Å². The van der Waals surface area contributed by atoms with Gasteiger partial charge < -0.3 is 9.97 Å². The van der Waals surface area contributed by atoms with Crippen LogP contribution in [0.5, 0.6) is 0 Å². The molecule has 1 aliphatic heterocycles. The van der Waals surface area contributed by atoms with Gasteiger partial charge in [-0.15, -0.1) is 0 Å². The van der Waals surface area contributed by atoms with Gasteiger partial charge in [0.05, 0.1) is 0 Å². The molecule has 4 rings (SSSR count). The lowest BCUT2D eigenvalue weighted by Gasteiger charge is -2.28. The second-order valence-electron chi connectivity index (χ2n) is 5.98. The Hall–Kier alpha value is -2.66. The third kappa shape index (κ3) is 2.59. The second kappa shape index (κ2) is 5.52. The molecule has 0 unspecified atom stereocenters. The van der Waals surface area contributed by atoms with Crippen molar-refractivity contribution in [2.24, 2.45) is 0 Å². The molecule has 0 amide bonds. The van der Waals surface area contributed by atoms with Crippen molar-refractivity contribution in [1.82, 2.24) is 14.9 Å². The van der Waals surface area contributed by atoms with E-state index in [4.69, 9.17) is 0 Å². The molecule has 0 saturated carbocycles. The van der Waals surface area contributed by atoms with E-state index in [2.05, 4.69) is 14.9 Å². The number of pyridine rings is 2. The van der Waals surface area contributed by atoms with Crippen LogP contribution in [0.1, 0.15) is 16.7 Å². The number of hydrogen-bond acceptors (Lipinski definition) is 3. The highest BCUT2D eigenvalue weighted by Crippen LogP contribution is 2.20. The molecule has 1 aromatic carbocycles. The third-order valence-corrected chi connectivity index (χ3v) is 4.47. The summed E-state index contributed by atoms with van der Waals surface area (Å²) in [7, 11) is 0. The molecule has 3 heterocycles. The van der Waals surface area contributed by atoms with Gasteiger partial charge in [0.1, 0.15) is 0 Å². The fourth-order valence-corrected chi connectivity index (χ4v) is 3.32. The van der Waals surface area contributed by atoms with Crippen molar-refractivity contribution in [3.63, 3.8) is 0 Å². The Bertz CT molecular complexity index is 987. The van der Waals surface area contributed by atoms with Crippen LogP contribution in [-0.4, -0.2) is 21.4 Å². The van der Waals surface area contributed by atoms with E-state index in [-0.39, 0.29) is 11.1 Å². The van der Waals surface area contributed by atoms with E-state index in [1.165, 1.54) is 0 Å². The number of fused-ring (bicyclic) bond motifs is 2. The minimum Gasteiger partial charge on any atom is -0.329 e. The summed E-state index contributed by atoms with van der Waals surface area (Å²) in [4.78, 5) is 31.7. The summed E-state index contributed by atoms with van der Waals surface area (Å²) in [5, 5.41) is 1.06. The number of rotatable bonds is 2. The van der Waals surface area contributed by atoms with Crippen LogP contribution in [0.15, 0.2) is 52.2 Å². The number of hydrogen-bond donors (Lipinski definition) is 2. The van der Waals surface area contributed by atoms with Crippen molar-refractivity contribution < 1.29 is 0 Å². The van der Waals surface area contributed by atoms with Crippen molar-refractivity contribution in [2.45, 2.75) is 19.5 Å². The molecule has 116 valence electrons. The molecule has 1 aliphatic rings. The van der Waals surface area contributed by atoms with Gasteiger partial charge in [-0.3, -0.25) is 14.5 Å². The number of aromatic nitrogens is 2. The molecule has 5 heteroatoms. The number of para-hydroxylation sites is 1. The van der Waals surface area contributed by atoms with Gasteiger partial charge in [0.25, 0.3) is 5.56 Å². The molecule has 23 heavy (non-hydrogen) atoms. The monoisotopic (exact) mass is 307 g/mol. The minimum atomic E-state index is -0.0889. The maximum Gasteiger partial charge on any atom is 0.252 e. The average Bonchev–Trinajstić information content (AvgIpc) is 2.55. The summed E-state index contributed by atoms with van der Waals surface area (Å²) in [6, 6.07) is 11.5. The summed E-state index contributed by atoms with van der Waals surface area (Å²) in [5.41, 5.74) is 3.72. The van der Waals surface area contributed by atoms with Gasteiger partial charge in [0.2, 0.25) is 5.56 Å². The van der Waals surface area contributed by atoms with Crippen LogP contribution in [0, 0.1) is 0 Å². The van der Waals surface area contributed by atoms with Crippen LogP contribution in [0.4, 0.5) is 0 Å². The maximum atomic E-state index is 12.0. The van der Waals surface area contributed by atoms with E-state index in [1.54, 1.807) is 12.3 Å². The van der Waals surface area contributed by atoms with E-state index < -0.39 is 0 Å². The number of nitrogens with one attached hydrogen (secondary N) is 2. The Morgan fingerprint density at radius 1 is 1.13 bits per heavy atom. The Morgan fingerprint density at radius 3 is 2.91 bits per heavy atom. The number of nitrogens with zero attached hydrogens (tertiary/aromatic N) is 1. The molecule has 0 aliphatic carbocycles. The molecule has 0 bridgehead atoms. The number of aromatic amines is 2. The highest BCUT2D eigenvalue weighted by molar-refractivity contribution is 5.81. The average molecular weight is 307 g/mol. The molecular formula is C18H17N3O2. The van der Waals surface area contributed by atoms with Crippen LogP contribution in [0.2, 0.25) is 0 Å². The van der Waals surface area contributed by atoms with E-state index in [0.29, 0.717) is 13.1 Å². The summed E-state index contributed by atoms with van der Waals surface area (Å²) < 4.78 is 0. The zero-order valence-corrected chi connectivity index (χ0v) is 12.6. The standard InChI is InChI=1S/C18H17N3O2/c22-17-9-13(14-3-1-2-4-16(14)20-17)10-21-8-6-12-5-7-19-18(23)15(12)11-21/h1-5,7,9H,6,8,10-11H2,(H,19,23)(H,20,22). The number of H-pyrrole nitrogens is 2. The molecule has 3 aromatic rings. The van der Waals surface area contributed by atoms with Crippen molar-refractivity contribution in [1.29, 1.82) is 0 Å². The fourth-order valence-electron chi connectivity index (χ4n) is 3.32. The smallest absolute Gasteiger partial charge is 0.252 e. The highest BCUT2D eigenvalue weighted by Gasteiger charge is 2.19. The summed E-state index contributed by atoms with van der Waals surface area (Å²) in [5.74, 6) is 0. The molecule has 2 aromatic heterocycles. The summed E-state index contributed by atoms with van der Waals surface area (Å²) in [6.45, 7) is 2.17. The topological polar surface area (TPSA) is 69.0 Å². The molecule has 0 radical (unpaired) electrons. The maximum absolute atomic E-state index is 12.0. The van der Waals surface area contributed by atoms with Crippen molar-refractivity contribution >= 4 is 10.9 Å². The lowest BCUT2D eigenvalue weighted by molar-refractivity contribution is 0.245. The molecular weight excluding hydrogens is 290 g/mol. The van der Waals surface area contributed by atoms with Gasteiger partial charge in [0.15, 0.2) is 0 Å². The first-order valence-electron chi connectivity index (χ1n) is 7.73. The van der Waals surface area contributed by atoms with Crippen molar-refractivity contribution in [2.75, 3.05) is 6.54 Å². The molecule has 5 nitrogen and oxygen atoms in total. The second-order valence-corrected chi connectivity index (χ2v) is 5.98. The van der Waals surface area contributed by atoms with Crippen LogP contribution < -0.4 is 11.1 Å². The minimum absolute atomic E-state index is 0.0111. The predicted octanol–water partition coefficient (Wildman–Crippen LogP) is 1.77. The summed E-state index contributed by atoms with van der Waals surface area (Å²) in [6.07, 6.45) is 2.57. The van der Waals surface area contributed by atoms with Crippen molar-refractivity contribution in [3.05, 3.63) is 80.0 Å². The normalized spacial score (nSPS) is 14.8. The Balaban J connectivity index is 1.69. The summed E-state index contributed by atoms with van der Waals surface area (Å²) >= 11 is 0. The molecule has 0 atom stereocenters. The zero-order valence-electron chi connectivity index (χ0n) is 12.6. The van der Waals surface area contributed by atoms with Gasteiger partial charge >= 0.3 is 0 Å². The molecule has 0 spiro atoms. The van der Waals surface area contributed by atoms with Gasteiger partial charge in [-0.05, 0) is 29.7 Å². The molecule has 2 N–H and O–H groups in total. The Labute approximate surface area is 132 Å². The van der Waals surface area contributed by atoms with Gasteiger partial charge in [0, 0.05) is 48.4 Å². The van der Waals surface area contributed by atoms with Gasteiger partial charge in [-0.2, -0.15) is 0 Å². The van der Waals surface area contributed by atoms with Gasteiger partial charge in [-0.25, -0.2) is 0 Å². The van der Waals surface area contributed by atoms with Crippen LogP contribution >= 0.6 is 0 Å². The van der Waals surface area contributed by atoms with Crippen molar-refractivity contribution in [3.8, 4) is 0 Å².